The van der Waals surface area contributed by atoms with Crippen molar-refractivity contribution >= 4 is 5.97 Å². The minimum atomic E-state index is -0.716. The second-order valence-electron chi connectivity index (χ2n) is 5.21. The van der Waals surface area contributed by atoms with Crippen molar-refractivity contribution in [3.8, 4) is 0 Å². The van der Waals surface area contributed by atoms with Crippen LogP contribution in [0.2, 0.25) is 0 Å². The third-order valence-electron chi connectivity index (χ3n) is 4.15. The van der Waals surface area contributed by atoms with E-state index in [1.165, 1.54) is 24.8 Å². The predicted molar refractivity (Wildman–Crippen MR) is 68.2 cm³/mol. The van der Waals surface area contributed by atoms with Gasteiger partial charge >= 0.3 is 5.97 Å². The first-order valence-corrected chi connectivity index (χ1v) is 6.42. The first kappa shape index (κ1) is 12.2. The molecule has 2 nitrogen and oxygen atoms in total. The van der Waals surface area contributed by atoms with Gasteiger partial charge in [0, 0.05) is 0 Å². The monoisotopic (exact) mass is 232 g/mol. The largest absolute Gasteiger partial charge is 0.481 e. The Morgan fingerprint density at radius 3 is 2.59 bits per heavy atom. The van der Waals surface area contributed by atoms with Gasteiger partial charge < -0.3 is 5.11 Å². The van der Waals surface area contributed by atoms with Gasteiger partial charge in [-0.3, -0.25) is 4.79 Å². The normalized spacial score (nSPS) is 19.4. The molecule has 0 saturated heterocycles. The van der Waals surface area contributed by atoms with Crippen molar-refractivity contribution in [3.63, 3.8) is 0 Å². The molecule has 2 unspecified atom stereocenters. The molecule has 92 valence electrons. The van der Waals surface area contributed by atoms with Crippen LogP contribution in [0, 0.1) is 5.92 Å². The highest BCUT2D eigenvalue weighted by Gasteiger charge is 2.23. The number of carboxylic acid groups (broad SMARTS) is 1. The Kier molecular flexibility index (Phi) is 3.51. The Morgan fingerprint density at radius 2 is 2.06 bits per heavy atom. The zero-order chi connectivity index (χ0) is 12.4. The molecule has 0 amide bonds. The Bertz CT molecular complexity index is 407. The lowest BCUT2D eigenvalue weighted by atomic mass is 9.78. The Hall–Kier alpha value is -1.31. The van der Waals surface area contributed by atoms with Crippen LogP contribution in [0.4, 0.5) is 0 Å². The highest BCUT2D eigenvalue weighted by atomic mass is 16.4. The lowest BCUT2D eigenvalue weighted by Gasteiger charge is -2.27. The van der Waals surface area contributed by atoms with Crippen molar-refractivity contribution in [1.82, 2.24) is 0 Å². The summed E-state index contributed by atoms with van der Waals surface area (Å²) >= 11 is 0. The van der Waals surface area contributed by atoms with E-state index in [9.17, 15) is 4.79 Å². The molecule has 1 N–H and O–H groups in total. The number of carboxylic acids is 1. The second kappa shape index (κ2) is 4.91. The predicted octanol–water partition coefficient (Wildman–Crippen LogP) is 3.78. The minimum absolute atomic E-state index is 0.0764. The van der Waals surface area contributed by atoms with Crippen LogP contribution in [0.15, 0.2) is 24.3 Å². The molecule has 0 spiro atoms. The van der Waals surface area contributed by atoms with Crippen LogP contribution in [0.3, 0.4) is 0 Å². The molecule has 0 heterocycles. The molecular formula is C15H20O2. The zero-order valence-corrected chi connectivity index (χ0v) is 10.5. The molecule has 1 aliphatic carbocycles. The van der Waals surface area contributed by atoms with Crippen molar-refractivity contribution in [3.05, 3.63) is 35.4 Å². The van der Waals surface area contributed by atoms with Crippen LogP contribution in [0.1, 0.15) is 56.1 Å². The van der Waals surface area contributed by atoms with Crippen LogP contribution < -0.4 is 0 Å². The van der Waals surface area contributed by atoms with E-state index in [4.69, 9.17) is 5.11 Å². The SMILES string of the molecule is CC(C(=O)O)C(C)c1cccc(C2CCC2)c1. The third-order valence-corrected chi connectivity index (χ3v) is 4.15. The van der Waals surface area contributed by atoms with Crippen LogP contribution in [0.5, 0.6) is 0 Å². The first-order chi connectivity index (χ1) is 8.09. The Morgan fingerprint density at radius 1 is 1.35 bits per heavy atom. The van der Waals surface area contributed by atoms with Crippen LogP contribution in [-0.4, -0.2) is 11.1 Å². The molecule has 2 heteroatoms. The topological polar surface area (TPSA) is 37.3 Å². The quantitative estimate of drug-likeness (QED) is 0.857. The molecule has 1 aromatic carbocycles. The zero-order valence-electron chi connectivity index (χ0n) is 10.5. The Labute approximate surface area is 103 Å². The highest BCUT2D eigenvalue weighted by Crippen LogP contribution is 2.37. The molecule has 0 aromatic heterocycles. The summed E-state index contributed by atoms with van der Waals surface area (Å²) in [5, 5.41) is 9.05. The fourth-order valence-corrected chi connectivity index (χ4v) is 2.34. The molecule has 2 rings (SSSR count). The van der Waals surface area contributed by atoms with E-state index in [1.54, 1.807) is 6.92 Å². The summed E-state index contributed by atoms with van der Waals surface area (Å²) in [5.41, 5.74) is 2.54. The number of hydrogen-bond acceptors (Lipinski definition) is 1. The molecule has 1 fully saturated rings. The van der Waals surface area contributed by atoms with Gasteiger partial charge in [-0.25, -0.2) is 0 Å². The molecule has 0 radical (unpaired) electrons. The average molecular weight is 232 g/mol. The van der Waals surface area contributed by atoms with Crippen molar-refractivity contribution in [1.29, 1.82) is 0 Å². The van der Waals surface area contributed by atoms with Gasteiger partial charge in [0.15, 0.2) is 0 Å². The fourth-order valence-electron chi connectivity index (χ4n) is 2.34. The smallest absolute Gasteiger partial charge is 0.306 e. The van der Waals surface area contributed by atoms with E-state index >= 15 is 0 Å². The van der Waals surface area contributed by atoms with E-state index < -0.39 is 5.97 Å². The fraction of sp³-hybridized carbons (Fsp3) is 0.533. The molecular weight excluding hydrogens is 212 g/mol. The summed E-state index contributed by atoms with van der Waals surface area (Å²) in [6, 6.07) is 8.49. The van der Waals surface area contributed by atoms with Gasteiger partial charge in [0.25, 0.3) is 0 Å². The van der Waals surface area contributed by atoms with Gasteiger partial charge in [0.05, 0.1) is 5.92 Å². The van der Waals surface area contributed by atoms with E-state index in [-0.39, 0.29) is 11.8 Å². The molecule has 1 saturated carbocycles. The van der Waals surface area contributed by atoms with E-state index in [1.807, 2.05) is 13.0 Å². The van der Waals surface area contributed by atoms with Gasteiger partial charge in [0.2, 0.25) is 0 Å². The van der Waals surface area contributed by atoms with Crippen LogP contribution in [-0.2, 0) is 4.79 Å². The lowest BCUT2D eigenvalue weighted by molar-refractivity contribution is -0.141. The van der Waals surface area contributed by atoms with E-state index in [0.29, 0.717) is 5.92 Å². The van der Waals surface area contributed by atoms with Gasteiger partial charge in [-0.2, -0.15) is 0 Å². The number of benzene rings is 1. The summed E-state index contributed by atoms with van der Waals surface area (Å²) in [5.74, 6) is -0.256. The lowest BCUT2D eigenvalue weighted by Crippen LogP contribution is -2.17. The van der Waals surface area contributed by atoms with Crippen molar-refractivity contribution in [2.75, 3.05) is 0 Å². The van der Waals surface area contributed by atoms with Crippen LogP contribution >= 0.6 is 0 Å². The van der Waals surface area contributed by atoms with E-state index in [0.717, 1.165) is 5.56 Å². The maximum atomic E-state index is 11.0. The summed E-state index contributed by atoms with van der Waals surface area (Å²) in [6.45, 7) is 3.78. The van der Waals surface area contributed by atoms with Crippen molar-refractivity contribution in [2.24, 2.45) is 5.92 Å². The maximum absolute atomic E-state index is 11.0. The summed E-state index contributed by atoms with van der Waals surface area (Å²) in [4.78, 5) is 11.0. The van der Waals surface area contributed by atoms with Gasteiger partial charge in [-0.1, -0.05) is 44.5 Å². The first-order valence-electron chi connectivity index (χ1n) is 6.42. The summed E-state index contributed by atoms with van der Waals surface area (Å²) in [7, 11) is 0. The van der Waals surface area contributed by atoms with Crippen molar-refractivity contribution < 1.29 is 9.90 Å². The molecule has 1 aromatic rings. The molecule has 0 bridgehead atoms. The standard InChI is InChI=1S/C15H20O2/c1-10(11(2)15(16)17)13-7-4-8-14(9-13)12-5-3-6-12/h4,7-12H,3,5-6H2,1-2H3,(H,16,17). The minimum Gasteiger partial charge on any atom is -0.481 e. The summed E-state index contributed by atoms with van der Waals surface area (Å²) in [6.07, 6.45) is 3.90. The highest BCUT2D eigenvalue weighted by molar-refractivity contribution is 5.70. The molecule has 2 atom stereocenters. The molecule has 17 heavy (non-hydrogen) atoms. The number of rotatable bonds is 4. The van der Waals surface area contributed by atoms with Crippen molar-refractivity contribution in [2.45, 2.75) is 44.9 Å². The number of aliphatic carboxylic acids is 1. The third kappa shape index (κ3) is 2.51. The summed E-state index contributed by atoms with van der Waals surface area (Å²) < 4.78 is 0. The Balaban J connectivity index is 2.17. The number of carbonyl (C=O) groups is 1. The van der Waals surface area contributed by atoms with Gasteiger partial charge in [-0.05, 0) is 35.8 Å². The van der Waals surface area contributed by atoms with Gasteiger partial charge in [-0.15, -0.1) is 0 Å². The molecule has 1 aliphatic rings. The number of hydrogen-bond donors (Lipinski definition) is 1. The molecule has 0 aliphatic heterocycles. The van der Waals surface area contributed by atoms with Crippen LogP contribution in [0.25, 0.3) is 0 Å². The van der Waals surface area contributed by atoms with Gasteiger partial charge in [0.1, 0.15) is 0 Å². The average Bonchev–Trinajstić information content (AvgIpc) is 2.25. The second-order valence-corrected chi connectivity index (χ2v) is 5.21. The van der Waals surface area contributed by atoms with E-state index in [2.05, 4.69) is 18.2 Å². The maximum Gasteiger partial charge on any atom is 0.306 e.